The van der Waals surface area contributed by atoms with Gasteiger partial charge in [-0.3, -0.25) is 0 Å². The molecule has 0 unspecified atom stereocenters. The molecular formula is C12H19F12N3O4. The first-order valence-corrected chi connectivity index (χ1v) is 7.76. The first-order valence-electron chi connectivity index (χ1n) is 7.76. The summed E-state index contributed by atoms with van der Waals surface area (Å²) in [4.78, 5) is -0.409. The van der Waals surface area contributed by atoms with Gasteiger partial charge in [0.1, 0.15) is 0 Å². The second kappa shape index (κ2) is 11.1. The van der Waals surface area contributed by atoms with Gasteiger partial charge in [0, 0.05) is 0 Å². The lowest BCUT2D eigenvalue weighted by atomic mass is 10.2. The molecule has 0 amide bonds. The Morgan fingerprint density at radius 1 is 0.516 bits per heavy atom. The molecule has 0 saturated carbocycles. The van der Waals surface area contributed by atoms with Crippen molar-refractivity contribution in [1.82, 2.24) is 4.90 Å². The van der Waals surface area contributed by atoms with E-state index in [-0.39, 0.29) is 0 Å². The Morgan fingerprint density at radius 2 is 0.677 bits per heavy atom. The summed E-state index contributed by atoms with van der Waals surface area (Å²) in [5, 5.41) is 0. The Balaban J connectivity index is 0. The zero-order valence-electron chi connectivity index (χ0n) is 15.9. The van der Waals surface area contributed by atoms with Gasteiger partial charge in [0.05, 0.1) is 19.8 Å². The van der Waals surface area contributed by atoms with Crippen LogP contribution in [0.5, 0.6) is 0 Å². The molecule has 0 atom stereocenters. The lowest BCUT2D eigenvalue weighted by Gasteiger charge is -2.45. The van der Waals surface area contributed by atoms with E-state index in [1.165, 1.54) is 0 Å². The van der Waals surface area contributed by atoms with E-state index >= 15 is 0 Å². The molecule has 190 valence electrons. The summed E-state index contributed by atoms with van der Waals surface area (Å²) < 4.78 is 173. The molecule has 4 N–H and O–H groups in total. The van der Waals surface area contributed by atoms with Crippen molar-refractivity contribution in [3.8, 4) is 0 Å². The number of nitrogens with zero attached hydrogens (tertiary/aromatic N) is 1. The number of hydrogen-bond acceptors (Lipinski definition) is 7. The Kier molecular flexibility index (Phi) is 11.5. The fourth-order valence-electron chi connectivity index (χ4n) is 1.72. The number of hydrogen-bond donors (Lipinski definition) is 2. The third-order valence-corrected chi connectivity index (χ3v) is 2.87. The van der Waals surface area contributed by atoms with Crippen molar-refractivity contribution in [2.45, 2.75) is 57.2 Å². The van der Waals surface area contributed by atoms with Crippen molar-refractivity contribution in [3.63, 3.8) is 0 Å². The smallest absolute Gasteiger partial charge is 0.315 e. The Hall–Kier alpha value is -1.12. The Bertz CT molecular complexity index is 468. The molecule has 0 bridgehead atoms. The number of rotatable bonds is 12. The van der Waals surface area contributed by atoms with Crippen LogP contribution in [0.25, 0.3) is 0 Å². The van der Waals surface area contributed by atoms with Crippen molar-refractivity contribution in [1.29, 1.82) is 0 Å². The van der Waals surface area contributed by atoms with Crippen LogP contribution in [0.3, 0.4) is 0 Å². The second-order valence-electron chi connectivity index (χ2n) is 4.94. The molecule has 0 spiro atoms. The molecule has 0 aromatic heterocycles. The van der Waals surface area contributed by atoms with Gasteiger partial charge in [-0.1, -0.05) is 4.90 Å². The van der Waals surface area contributed by atoms with Gasteiger partial charge in [0.15, 0.2) is 0 Å². The van der Waals surface area contributed by atoms with E-state index in [9.17, 15) is 52.7 Å². The molecule has 0 aliphatic rings. The molecule has 0 aromatic carbocycles. The highest BCUT2D eigenvalue weighted by Crippen LogP contribution is 2.55. The monoisotopic (exact) mass is 497 g/mol. The van der Waals surface area contributed by atoms with Gasteiger partial charge in [0.25, 0.3) is 0 Å². The van der Waals surface area contributed by atoms with Crippen LogP contribution in [0.15, 0.2) is 0 Å². The van der Waals surface area contributed by atoms with E-state index in [1.807, 2.05) is 0 Å². The fraction of sp³-hybridized carbons (Fsp3) is 1.00. The van der Waals surface area contributed by atoms with Gasteiger partial charge < -0.3 is 14.2 Å². The minimum absolute atomic E-state index is 0.578. The van der Waals surface area contributed by atoms with Crippen LogP contribution in [-0.2, 0) is 19.1 Å². The average molecular weight is 497 g/mol. The predicted molar refractivity (Wildman–Crippen MR) is 75.9 cm³/mol. The van der Waals surface area contributed by atoms with Crippen LogP contribution in [0.4, 0.5) is 52.7 Å². The van der Waals surface area contributed by atoms with Gasteiger partial charge in [-0.25, -0.2) is 4.94 Å². The summed E-state index contributed by atoms with van der Waals surface area (Å²) in [5.74, 6) is 8.25. The summed E-state index contributed by atoms with van der Waals surface area (Å²) in [7, 11) is 0. The lowest BCUT2D eigenvalue weighted by Crippen LogP contribution is -2.75. The third-order valence-electron chi connectivity index (χ3n) is 2.87. The second-order valence-corrected chi connectivity index (χ2v) is 4.94. The minimum Gasteiger partial charge on any atom is -0.315 e. The van der Waals surface area contributed by atoms with Gasteiger partial charge in [0.2, 0.25) is 0 Å². The van der Waals surface area contributed by atoms with Gasteiger partial charge >= 0.3 is 36.5 Å². The highest BCUT2D eigenvalue weighted by molar-refractivity contribution is 4.95. The lowest BCUT2D eigenvalue weighted by molar-refractivity contribution is -0.534. The predicted octanol–water partition coefficient (Wildman–Crippen LogP) is 3.71. The van der Waals surface area contributed by atoms with Crippen molar-refractivity contribution < 1.29 is 71.8 Å². The topological polar surface area (TPSA) is 92.2 Å². The minimum atomic E-state index is -7.10. The van der Waals surface area contributed by atoms with Gasteiger partial charge in [-0.05, 0) is 20.8 Å². The van der Waals surface area contributed by atoms with E-state index in [0.29, 0.717) is 20.8 Å². The van der Waals surface area contributed by atoms with Crippen LogP contribution in [-0.4, -0.2) is 61.2 Å². The van der Waals surface area contributed by atoms with E-state index < -0.39 is 61.2 Å². The molecule has 0 radical (unpaired) electrons. The zero-order valence-corrected chi connectivity index (χ0v) is 15.9. The largest absolute Gasteiger partial charge is 0.435 e. The molecule has 31 heavy (non-hydrogen) atoms. The average Bonchev–Trinajstić information content (AvgIpc) is 2.54. The van der Waals surface area contributed by atoms with Gasteiger partial charge in [-0.15, -0.1) is 0 Å². The van der Waals surface area contributed by atoms with E-state index in [4.69, 9.17) is 0 Å². The molecule has 0 aliphatic heterocycles. The van der Waals surface area contributed by atoms with Crippen LogP contribution in [0.2, 0.25) is 0 Å². The highest BCUT2D eigenvalue weighted by Gasteiger charge is 2.84. The Morgan fingerprint density at radius 3 is 0.806 bits per heavy atom. The van der Waals surface area contributed by atoms with Crippen molar-refractivity contribution in [2.24, 2.45) is 11.8 Å². The van der Waals surface area contributed by atoms with E-state index in [0.717, 1.165) is 0 Å². The number of alkyl halides is 12. The third kappa shape index (κ3) is 6.68. The summed E-state index contributed by atoms with van der Waals surface area (Å²) in [6, 6.07) is -21.3. The van der Waals surface area contributed by atoms with Crippen molar-refractivity contribution >= 4 is 0 Å². The molecule has 0 aliphatic carbocycles. The summed E-state index contributed by atoms with van der Waals surface area (Å²) >= 11 is 0. The maximum absolute atomic E-state index is 13.9. The maximum Gasteiger partial charge on any atom is 0.435 e. The SMILES string of the molecule is CCOC(F)(F)C(F)(F)N(C(F)(F)C(F)(F)OCC)C(F)(F)C(F)(F)OCC.NON. The zero-order chi connectivity index (χ0) is 25.5. The van der Waals surface area contributed by atoms with Crippen molar-refractivity contribution in [3.05, 3.63) is 0 Å². The van der Waals surface area contributed by atoms with Crippen LogP contribution in [0.1, 0.15) is 20.8 Å². The molecule has 0 rings (SSSR count). The Labute approximate surface area is 167 Å². The number of halogens is 12. The quantitative estimate of drug-likeness (QED) is 0.241. The standard InChI is InChI=1S/C12H15F12NO3.H4N2O/c1-4-26-10(19,20)7(13,14)25(8(15,16)11(21,22)27-5-2)9(17,18)12(23,24)28-6-3;1-3-2/h4-6H2,1-3H3;1-2H2. The van der Waals surface area contributed by atoms with Crippen molar-refractivity contribution in [2.75, 3.05) is 19.8 Å². The molecule has 0 saturated heterocycles. The molecule has 7 nitrogen and oxygen atoms in total. The van der Waals surface area contributed by atoms with Gasteiger partial charge in [-0.2, -0.15) is 64.5 Å². The maximum atomic E-state index is 13.9. The summed E-state index contributed by atoms with van der Waals surface area (Å²) in [6.07, 6.45) is -19.0. The van der Waals surface area contributed by atoms with E-state index in [1.54, 1.807) is 0 Å². The summed E-state index contributed by atoms with van der Waals surface area (Å²) in [5.41, 5.74) is 0. The number of nitrogens with two attached hydrogens (primary N) is 2. The normalized spacial score (nSPS) is 14.5. The first-order chi connectivity index (χ1) is 13.7. The van der Waals surface area contributed by atoms with Crippen LogP contribution in [0, 0.1) is 0 Å². The first kappa shape index (κ1) is 32.1. The molecule has 0 aromatic rings. The van der Waals surface area contributed by atoms with E-state index in [2.05, 4.69) is 30.9 Å². The molecular weight excluding hydrogens is 478 g/mol. The highest BCUT2D eigenvalue weighted by atomic mass is 19.4. The van der Waals surface area contributed by atoms with Crippen LogP contribution < -0.4 is 11.8 Å². The fourth-order valence-corrected chi connectivity index (χ4v) is 1.72. The number of ether oxygens (including phenoxy) is 3. The molecule has 19 heteroatoms. The molecule has 0 heterocycles. The summed E-state index contributed by atoms with van der Waals surface area (Å²) in [6.45, 7) is -2.53. The molecule has 0 fully saturated rings. The van der Waals surface area contributed by atoms with Crippen LogP contribution >= 0.6 is 0 Å².